The molecule has 2 aromatic carbocycles. The molecule has 2 aromatic rings. The summed E-state index contributed by atoms with van der Waals surface area (Å²) in [6, 6.07) is 9.56. The molecular formula is C14H9Cl3O3. The van der Waals surface area contributed by atoms with E-state index in [1.165, 1.54) is 12.1 Å². The summed E-state index contributed by atoms with van der Waals surface area (Å²) in [6.07, 6.45) is 0. The number of carboxylic acid groups (broad SMARTS) is 1. The topological polar surface area (TPSA) is 46.5 Å². The van der Waals surface area contributed by atoms with Gasteiger partial charge in [0.2, 0.25) is 0 Å². The molecule has 2 rings (SSSR count). The minimum atomic E-state index is -1.11. The number of benzene rings is 2. The summed E-state index contributed by atoms with van der Waals surface area (Å²) in [6.45, 7) is 0.112. The molecule has 0 radical (unpaired) electrons. The van der Waals surface area contributed by atoms with Crippen LogP contribution in [0.5, 0.6) is 5.75 Å². The fourth-order valence-corrected chi connectivity index (χ4v) is 2.16. The van der Waals surface area contributed by atoms with Crippen LogP contribution in [0.1, 0.15) is 15.9 Å². The Morgan fingerprint density at radius 2 is 1.90 bits per heavy atom. The first kappa shape index (κ1) is 15.0. The highest BCUT2D eigenvalue weighted by Gasteiger charge is 2.13. The minimum absolute atomic E-state index is 0.00403. The summed E-state index contributed by atoms with van der Waals surface area (Å²) in [5, 5.41) is 10.2. The van der Waals surface area contributed by atoms with Gasteiger partial charge in [0.15, 0.2) is 0 Å². The van der Waals surface area contributed by atoms with E-state index in [9.17, 15) is 4.79 Å². The van der Waals surface area contributed by atoms with Crippen molar-refractivity contribution in [1.82, 2.24) is 0 Å². The number of halogens is 3. The third kappa shape index (κ3) is 3.37. The standard InChI is InChI=1S/C14H9Cl3O3/c15-9-4-5-12(10(6-9)14(18)19)20-7-8-2-1-3-11(16)13(8)17/h1-6H,7H2,(H,18,19). The molecule has 6 heteroatoms. The molecule has 0 aliphatic rings. The van der Waals surface area contributed by atoms with Crippen LogP contribution in [0.25, 0.3) is 0 Å². The molecule has 0 heterocycles. The summed E-state index contributed by atoms with van der Waals surface area (Å²) in [4.78, 5) is 11.1. The lowest BCUT2D eigenvalue weighted by Gasteiger charge is -2.11. The second-order valence-corrected chi connectivity index (χ2v) is 5.17. The predicted molar refractivity (Wildman–Crippen MR) is 79.2 cm³/mol. The Hall–Kier alpha value is -1.42. The number of carboxylic acids is 1. The van der Waals surface area contributed by atoms with E-state index < -0.39 is 5.97 Å². The predicted octanol–water partition coefficient (Wildman–Crippen LogP) is 4.92. The number of hydrogen-bond donors (Lipinski definition) is 1. The molecule has 0 aromatic heterocycles. The second-order valence-electron chi connectivity index (χ2n) is 3.95. The summed E-state index contributed by atoms with van der Waals surface area (Å²) in [7, 11) is 0. The number of ether oxygens (including phenoxy) is 1. The SMILES string of the molecule is O=C(O)c1cc(Cl)ccc1OCc1cccc(Cl)c1Cl. The van der Waals surface area contributed by atoms with E-state index in [-0.39, 0.29) is 17.9 Å². The molecule has 0 fully saturated rings. The molecule has 0 aliphatic carbocycles. The summed E-state index contributed by atoms with van der Waals surface area (Å²) in [5.41, 5.74) is 0.668. The van der Waals surface area contributed by atoms with Crippen LogP contribution in [0.2, 0.25) is 15.1 Å². The smallest absolute Gasteiger partial charge is 0.339 e. The van der Waals surface area contributed by atoms with Crippen LogP contribution in [0, 0.1) is 0 Å². The van der Waals surface area contributed by atoms with Gasteiger partial charge in [-0.25, -0.2) is 4.79 Å². The lowest BCUT2D eigenvalue weighted by atomic mass is 10.2. The summed E-state index contributed by atoms with van der Waals surface area (Å²) in [5.74, 6) is -0.891. The van der Waals surface area contributed by atoms with E-state index >= 15 is 0 Å². The van der Waals surface area contributed by atoms with E-state index in [4.69, 9.17) is 44.6 Å². The first-order valence-electron chi connectivity index (χ1n) is 5.57. The van der Waals surface area contributed by atoms with Crippen molar-refractivity contribution in [2.24, 2.45) is 0 Å². The Morgan fingerprint density at radius 1 is 1.15 bits per heavy atom. The Bertz CT molecular complexity index is 656. The van der Waals surface area contributed by atoms with Crippen molar-refractivity contribution < 1.29 is 14.6 Å². The van der Waals surface area contributed by atoms with Crippen LogP contribution in [0.3, 0.4) is 0 Å². The minimum Gasteiger partial charge on any atom is -0.488 e. The quantitative estimate of drug-likeness (QED) is 0.864. The van der Waals surface area contributed by atoms with E-state index in [1.54, 1.807) is 24.3 Å². The first-order chi connectivity index (χ1) is 9.49. The largest absolute Gasteiger partial charge is 0.488 e. The van der Waals surface area contributed by atoms with E-state index in [2.05, 4.69) is 0 Å². The third-order valence-electron chi connectivity index (χ3n) is 2.59. The molecule has 0 atom stereocenters. The zero-order chi connectivity index (χ0) is 14.7. The molecule has 0 amide bonds. The van der Waals surface area contributed by atoms with Gasteiger partial charge in [-0.3, -0.25) is 0 Å². The van der Waals surface area contributed by atoms with Crippen molar-refractivity contribution in [2.75, 3.05) is 0 Å². The average Bonchev–Trinajstić information content (AvgIpc) is 2.41. The van der Waals surface area contributed by atoms with Gasteiger partial charge in [0.25, 0.3) is 0 Å². The van der Waals surface area contributed by atoms with Crippen LogP contribution in [0.15, 0.2) is 36.4 Å². The Balaban J connectivity index is 2.23. The molecule has 0 bridgehead atoms. The molecule has 1 N–H and O–H groups in total. The molecule has 0 aliphatic heterocycles. The average molecular weight is 332 g/mol. The van der Waals surface area contributed by atoms with E-state index in [0.29, 0.717) is 20.6 Å². The van der Waals surface area contributed by atoms with Crippen molar-refractivity contribution in [3.63, 3.8) is 0 Å². The van der Waals surface area contributed by atoms with Crippen LogP contribution < -0.4 is 4.74 Å². The fourth-order valence-electron chi connectivity index (χ4n) is 1.61. The van der Waals surface area contributed by atoms with Crippen molar-refractivity contribution in [1.29, 1.82) is 0 Å². The first-order valence-corrected chi connectivity index (χ1v) is 6.71. The van der Waals surface area contributed by atoms with Crippen molar-refractivity contribution in [3.05, 3.63) is 62.6 Å². The number of aromatic carboxylic acids is 1. The molecule has 0 saturated heterocycles. The number of hydrogen-bond acceptors (Lipinski definition) is 2. The highest BCUT2D eigenvalue weighted by Crippen LogP contribution is 2.28. The number of rotatable bonds is 4. The zero-order valence-corrected chi connectivity index (χ0v) is 12.3. The van der Waals surface area contributed by atoms with Crippen molar-refractivity contribution >= 4 is 40.8 Å². The van der Waals surface area contributed by atoms with Gasteiger partial charge < -0.3 is 9.84 Å². The van der Waals surface area contributed by atoms with Crippen LogP contribution >= 0.6 is 34.8 Å². The molecule has 20 heavy (non-hydrogen) atoms. The van der Waals surface area contributed by atoms with Gasteiger partial charge in [0.1, 0.15) is 17.9 Å². The third-order valence-corrected chi connectivity index (χ3v) is 3.68. The molecular weight excluding hydrogens is 323 g/mol. The molecule has 3 nitrogen and oxygen atoms in total. The van der Waals surface area contributed by atoms with Gasteiger partial charge in [-0.1, -0.05) is 46.9 Å². The zero-order valence-electron chi connectivity index (χ0n) is 10.1. The maximum atomic E-state index is 11.1. The lowest BCUT2D eigenvalue weighted by molar-refractivity contribution is 0.0692. The highest BCUT2D eigenvalue weighted by molar-refractivity contribution is 6.42. The number of carbonyl (C=O) groups is 1. The molecule has 0 unspecified atom stereocenters. The molecule has 0 spiro atoms. The fraction of sp³-hybridized carbons (Fsp3) is 0.0714. The Morgan fingerprint density at radius 3 is 2.60 bits per heavy atom. The van der Waals surface area contributed by atoms with Gasteiger partial charge in [-0.15, -0.1) is 0 Å². The summed E-state index contributed by atoms with van der Waals surface area (Å²) < 4.78 is 5.49. The monoisotopic (exact) mass is 330 g/mol. The summed E-state index contributed by atoms with van der Waals surface area (Å²) >= 11 is 17.7. The second kappa shape index (κ2) is 6.35. The normalized spacial score (nSPS) is 10.3. The van der Waals surface area contributed by atoms with Crippen molar-refractivity contribution in [2.45, 2.75) is 6.61 Å². The van der Waals surface area contributed by atoms with Gasteiger partial charge >= 0.3 is 5.97 Å². The van der Waals surface area contributed by atoms with E-state index in [0.717, 1.165) is 0 Å². The van der Waals surface area contributed by atoms with Crippen LogP contribution in [0.4, 0.5) is 0 Å². The van der Waals surface area contributed by atoms with Gasteiger partial charge in [0, 0.05) is 10.6 Å². The van der Waals surface area contributed by atoms with Gasteiger partial charge in [-0.2, -0.15) is 0 Å². The lowest BCUT2D eigenvalue weighted by Crippen LogP contribution is -2.03. The van der Waals surface area contributed by atoms with Crippen LogP contribution in [-0.4, -0.2) is 11.1 Å². The Labute approximate surface area is 130 Å². The van der Waals surface area contributed by atoms with Gasteiger partial charge in [0.05, 0.1) is 10.0 Å². The Kier molecular flexibility index (Phi) is 4.76. The maximum Gasteiger partial charge on any atom is 0.339 e. The molecule has 104 valence electrons. The highest BCUT2D eigenvalue weighted by atomic mass is 35.5. The molecule has 0 saturated carbocycles. The maximum absolute atomic E-state index is 11.1. The van der Waals surface area contributed by atoms with E-state index in [1.807, 2.05) is 0 Å². The van der Waals surface area contributed by atoms with Crippen LogP contribution in [-0.2, 0) is 6.61 Å². The van der Waals surface area contributed by atoms with Gasteiger partial charge in [-0.05, 0) is 24.3 Å². The van der Waals surface area contributed by atoms with Crippen molar-refractivity contribution in [3.8, 4) is 5.75 Å².